The lowest BCUT2D eigenvalue weighted by molar-refractivity contribution is -0.129. The summed E-state index contributed by atoms with van der Waals surface area (Å²) in [6.07, 6.45) is 3.58. The van der Waals surface area contributed by atoms with Crippen LogP contribution >= 0.6 is 0 Å². The predicted molar refractivity (Wildman–Crippen MR) is 86.5 cm³/mol. The summed E-state index contributed by atoms with van der Waals surface area (Å²) in [5.74, 6) is -0.435. The number of amides is 2. The summed E-state index contributed by atoms with van der Waals surface area (Å²) in [5.41, 5.74) is 1.73. The highest BCUT2D eigenvalue weighted by molar-refractivity contribution is 5.97. The van der Waals surface area contributed by atoms with Crippen molar-refractivity contribution in [3.63, 3.8) is 0 Å². The third-order valence-electron chi connectivity index (χ3n) is 4.25. The van der Waals surface area contributed by atoms with Crippen LogP contribution in [0, 0.1) is 5.92 Å². The highest BCUT2D eigenvalue weighted by Gasteiger charge is 2.37. The molecule has 1 aromatic carbocycles. The smallest absolute Gasteiger partial charge is 0.229 e. The standard InChI is InChI=1S/C17H20N4O2/c1-12(13-6-4-3-5-7-13)21-10-14(8-16(21)22)17(23)19-15-9-18-20(2)11-15/h3-7,9,11-12,14H,8,10H2,1-2H3,(H,19,23). The number of hydrogen-bond donors (Lipinski definition) is 1. The molecule has 1 saturated heterocycles. The summed E-state index contributed by atoms with van der Waals surface area (Å²) in [7, 11) is 1.79. The van der Waals surface area contributed by atoms with E-state index in [0.29, 0.717) is 12.2 Å². The number of anilines is 1. The highest BCUT2D eigenvalue weighted by Crippen LogP contribution is 2.29. The second kappa shape index (κ2) is 6.24. The number of carbonyl (C=O) groups excluding carboxylic acids is 2. The molecular formula is C17H20N4O2. The van der Waals surface area contributed by atoms with Crippen LogP contribution in [0.25, 0.3) is 0 Å². The van der Waals surface area contributed by atoms with E-state index in [-0.39, 0.29) is 30.2 Å². The van der Waals surface area contributed by atoms with Gasteiger partial charge in [-0.15, -0.1) is 0 Å². The molecule has 23 heavy (non-hydrogen) atoms. The Morgan fingerprint density at radius 3 is 2.74 bits per heavy atom. The van der Waals surface area contributed by atoms with Gasteiger partial charge in [0.1, 0.15) is 0 Å². The van der Waals surface area contributed by atoms with Gasteiger partial charge < -0.3 is 10.2 Å². The molecule has 2 unspecified atom stereocenters. The van der Waals surface area contributed by atoms with E-state index < -0.39 is 0 Å². The molecule has 1 aliphatic rings. The highest BCUT2D eigenvalue weighted by atomic mass is 16.2. The first-order chi connectivity index (χ1) is 11.0. The van der Waals surface area contributed by atoms with E-state index in [1.807, 2.05) is 37.3 Å². The van der Waals surface area contributed by atoms with Gasteiger partial charge in [-0.3, -0.25) is 14.3 Å². The normalized spacial score (nSPS) is 19.0. The second-order valence-corrected chi connectivity index (χ2v) is 5.93. The molecule has 6 nitrogen and oxygen atoms in total. The van der Waals surface area contributed by atoms with Crippen molar-refractivity contribution < 1.29 is 9.59 Å². The summed E-state index contributed by atoms with van der Waals surface area (Å²) < 4.78 is 1.62. The number of aryl methyl sites for hydroxylation is 1. The molecule has 1 aromatic heterocycles. The van der Waals surface area contributed by atoms with Crippen molar-refractivity contribution in [1.29, 1.82) is 0 Å². The second-order valence-electron chi connectivity index (χ2n) is 5.93. The first-order valence-electron chi connectivity index (χ1n) is 7.68. The number of benzene rings is 1. The van der Waals surface area contributed by atoms with Crippen molar-refractivity contribution in [2.24, 2.45) is 13.0 Å². The van der Waals surface area contributed by atoms with Gasteiger partial charge in [0.2, 0.25) is 11.8 Å². The minimum absolute atomic E-state index is 0.0210. The zero-order valence-corrected chi connectivity index (χ0v) is 13.3. The average Bonchev–Trinajstić information content (AvgIpc) is 3.13. The molecule has 1 aliphatic heterocycles. The van der Waals surface area contributed by atoms with E-state index in [9.17, 15) is 9.59 Å². The average molecular weight is 312 g/mol. The summed E-state index contributed by atoms with van der Waals surface area (Å²) in [4.78, 5) is 26.4. The lowest BCUT2D eigenvalue weighted by Gasteiger charge is -2.25. The Morgan fingerprint density at radius 1 is 1.35 bits per heavy atom. The van der Waals surface area contributed by atoms with Gasteiger partial charge in [-0.25, -0.2) is 0 Å². The predicted octanol–water partition coefficient (Wildman–Crippen LogP) is 1.97. The van der Waals surface area contributed by atoms with Gasteiger partial charge in [-0.05, 0) is 12.5 Å². The quantitative estimate of drug-likeness (QED) is 0.938. The van der Waals surface area contributed by atoms with Crippen LogP contribution < -0.4 is 5.32 Å². The third kappa shape index (κ3) is 3.26. The van der Waals surface area contributed by atoms with Crippen LogP contribution in [0.3, 0.4) is 0 Å². The zero-order valence-electron chi connectivity index (χ0n) is 13.3. The van der Waals surface area contributed by atoms with Gasteiger partial charge in [0.25, 0.3) is 0 Å². The molecule has 2 aromatic rings. The molecule has 1 fully saturated rings. The fraction of sp³-hybridized carbons (Fsp3) is 0.353. The fourth-order valence-corrected chi connectivity index (χ4v) is 2.92. The SMILES string of the molecule is CC(c1ccccc1)N1CC(C(=O)Nc2cnn(C)c2)CC1=O. The summed E-state index contributed by atoms with van der Waals surface area (Å²) in [6.45, 7) is 2.44. The van der Waals surface area contributed by atoms with Crippen molar-refractivity contribution in [3.8, 4) is 0 Å². The lowest BCUT2D eigenvalue weighted by Crippen LogP contribution is -2.30. The van der Waals surface area contributed by atoms with E-state index in [4.69, 9.17) is 0 Å². The van der Waals surface area contributed by atoms with Gasteiger partial charge in [-0.1, -0.05) is 30.3 Å². The Morgan fingerprint density at radius 2 is 2.09 bits per heavy atom. The minimum atomic E-state index is -0.325. The number of nitrogens with zero attached hydrogens (tertiary/aromatic N) is 3. The maximum Gasteiger partial charge on any atom is 0.229 e. The van der Waals surface area contributed by atoms with Crippen molar-refractivity contribution in [2.75, 3.05) is 11.9 Å². The number of nitrogens with one attached hydrogen (secondary N) is 1. The van der Waals surface area contributed by atoms with Gasteiger partial charge >= 0.3 is 0 Å². The monoisotopic (exact) mass is 312 g/mol. The Hall–Kier alpha value is -2.63. The molecule has 1 N–H and O–H groups in total. The molecule has 2 atom stereocenters. The molecule has 2 amide bonds. The van der Waals surface area contributed by atoms with Crippen molar-refractivity contribution in [3.05, 3.63) is 48.3 Å². The first-order valence-corrected chi connectivity index (χ1v) is 7.68. The molecule has 2 heterocycles. The third-order valence-corrected chi connectivity index (χ3v) is 4.25. The number of hydrogen-bond acceptors (Lipinski definition) is 3. The van der Waals surface area contributed by atoms with Gasteiger partial charge in [-0.2, -0.15) is 5.10 Å². The molecule has 0 bridgehead atoms. The first kappa shape index (κ1) is 15.3. The maximum atomic E-state index is 12.3. The Balaban J connectivity index is 1.66. The topological polar surface area (TPSA) is 67.2 Å². The summed E-state index contributed by atoms with van der Waals surface area (Å²) in [5, 5.41) is 6.84. The van der Waals surface area contributed by atoms with Crippen LogP contribution in [0.15, 0.2) is 42.7 Å². The van der Waals surface area contributed by atoms with Crippen molar-refractivity contribution in [2.45, 2.75) is 19.4 Å². The Bertz CT molecular complexity index is 710. The number of likely N-dealkylation sites (tertiary alicyclic amines) is 1. The Kier molecular flexibility index (Phi) is 4.14. The molecule has 6 heteroatoms. The van der Waals surface area contributed by atoms with Gasteiger partial charge in [0, 0.05) is 26.2 Å². The van der Waals surface area contributed by atoms with Crippen LogP contribution in [-0.4, -0.2) is 33.0 Å². The van der Waals surface area contributed by atoms with Gasteiger partial charge in [0.15, 0.2) is 0 Å². The maximum absolute atomic E-state index is 12.3. The lowest BCUT2D eigenvalue weighted by atomic mass is 10.1. The van der Waals surface area contributed by atoms with Crippen molar-refractivity contribution in [1.82, 2.24) is 14.7 Å². The van der Waals surface area contributed by atoms with Crippen LogP contribution in [0.2, 0.25) is 0 Å². The molecule has 0 spiro atoms. The summed E-state index contributed by atoms with van der Waals surface area (Å²) in [6, 6.07) is 9.84. The number of rotatable bonds is 4. The molecule has 0 aliphatic carbocycles. The number of aromatic nitrogens is 2. The number of carbonyl (C=O) groups is 2. The Labute approximate surface area is 135 Å². The minimum Gasteiger partial charge on any atom is -0.335 e. The fourth-order valence-electron chi connectivity index (χ4n) is 2.92. The van der Waals surface area contributed by atoms with E-state index in [0.717, 1.165) is 5.56 Å². The summed E-state index contributed by atoms with van der Waals surface area (Å²) >= 11 is 0. The molecule has 3 rings (SSSR count). The van der Waals surface area contributed by atoms with E-state index >= 15 is 0 Å². The molecular weight excluding hydrogens is 292 g/mol. The van der Waals surface area contributed by atoms with Crippen LogP contribution in [0.4, 0.5) is 5.69 Å². The van der Waals surface area contributed by atoms with E-state index in [2.05, 4.69) is 10.4 Å². The molecule has 120 valence electrons. The van der Waals surface area contributed by atoms with Crippen LogP contribution in [0.5, 0.6) is 0 Å². The molecule has 0 radical (unpaired) electrons. The van der Waals surface area contributed by atoms with Crippen LogP contribution in [0.1, 0.15) is 24.9 Å². The van der Waals surface area contributed by atoms with Gasteiger partial charge in [0.05, 0.1) is 23.8 Å². The van der Waals surface area contributed by atoms with Crippen molar-refractivity contribution >= 4 is 17.5 Å². The molecule has 0 saturated carbocycles. The zero-order chi connectivity index (χ0) is 16.4. The van der Waals surface area contributed by atoms with Crippen LogP contribution in [-0.2, 0) is 16.6 Å². The van der Waals surface area contributed by atoms with E-state index in [1.54, 1.807) is 29.0 Å². The largest absolute Gasteiger partial charge is 0.335 e. The van der Waals surface area contributed by atoms with E-state index in [1.165, 1.54) is 0 Å².